The van der Waals surface area contributed by atoms with Crippen LogP contribution in [-0.4, -0.2) is 74.0 Å². The number of aliphatic hydroxyl groups is 1. The first-order valence-corrected chi connectivity index (χ1v) is 9.08. The number of morpholine rings is 1. The molecule has 3 rings (SSSR count). The van der Waals surface area contributed by atoms with Crippen molar-refractivity contribution in [3.63, 3.8) is 0 Å². The zero-order chi connectivity index (χ0) is 15.9. The van der Waals surface area contributed by atoms with Crippen LogP contribution in [0.15, 0.2) is 24.3 Å². The zero-order valence-electron chi connectivity index (χ0n) is 14.1. The second-order valence-electron chi connectivity index (χ2n) is 6.77. The molecule has 4 nitrogen and oxygen atoms in total. The summed E-state index contributed by atoms with van der Waals surface area (Å²) in [6.45, 7) is 8.02. The Morgan fingerprint density at radius 1 is 1.17 bits per heavy atom. The van der Waals surface area contributed by atoms with Crippen molar-refractivity contribution in [2.24, 2.45) is 0 Å². The molecule has 1 heterocycles. The molecule has 4 heteroatoms. The molecule has 1 aromatic rings. The number of aliphatic hydroxyl groups excluding tert-OH is 1. The summed E-state index contributed by atoms with van der Waals surface area (Å²) in [5, 5.41) is 9.42. The van der Waals surface area contributed by atoms with Gasteiger partial charge >= 0.3 is 0 Å². The minimum absolute atomic E-state index is 0.247. The lowest BCUT2D eigenvalue weighted by atomic mass is 9.82. The van der Waals surface area contributed by atoms with Gasteiger partial charge in [-0.2, -0.15) is 0 Å². The maximum absolute atomic E-state index is 9.42. The van der Waals surface area contributed by atoms with Gasteiger partial charge in [-0.05, 0) is 36.3 Å². The SMILES string of the molecule is OCCN(CCN1CCOCC1)CC1CCCc2ccccc21. The van der Waals surface area contributed by atoms with Gasteiger partial charge in [0.05, 0.1) is 19.8 Å². The minimum atomic E-state index is 0.247. The molecule has 1 aliphatic heterocycles. The van der Waals surface area contributed by atoms with E-state index in [-0.39, 0.29) is 6.61 Å². The summed E-state index contributed by atoms with van der Waals surface area (Å²) in [6.07, 6.45) is 3.79. The molecule has 1 unspecified atom stereocenters. The average molecular weight is 318 g/mol. The van der Waals surface area contributed by atoms with Crippen LogP contribution in [-0.2, 0) is 11.2 Å². The fourth-order valence-electron chi connectivity index (χ4n) is 3.90. The third-order valence-electron chi connectivity index (χ3n) is 5.22. The van der Waals surface area contributed by atoms with Gasteiger partial charge in [0.15, 0.2) is 0 Å². The number of fused-ring (bicyclic) bond motifs is 1. The summed E-state index contributed by atoms with van der Waals surface area (Å²) in [5.41, 5.74) is 3.06. The second kappa shape index (κ2) is 8.78. The van der Waals surface area contributed by atoms with Crippen LogP contribution >= 0.6 is 0 Å². The number of ether oxygens (including phenoxy) is 1. The fraction of sp³-hybridized carbons (Fsp3) is 0.684. The van der Waals surface area contributed by atoms with E-state index >= 15 is 0 Å². The van der Waals surface area contributed by atoms with Crippen LogP contribution < -0.4 is 0 Å². The standard InChI is InChI=1S/C19H30N2O2/c22-13-10-21(9-8-20-11-14-23-15-12-20)16-18-6-3-5-17-4-1-2-7-19(17)18/h1-2,4,7,18,22H,3,5-6,8-16H2. The molecule has 2 aliphatic rings. The predicted octanol–water partition coefficient (Wildman–Crippen LogP) is 1.73. The van der Waals surface area contributed by atoms with Crippen molar-refractivity contribution >= 4 is 0 Å². The largest absolute Gasteiger partial charge is 0.395 e. The molecule has 0 spiro atoms. The molecule has 1 N–H and O–H groups in total. The maximum atomic E-state index is 9.42. The molecule has 0 saturated carbocycles. The Bertz CT molecular complexity index is 474. The molecule has 1 aliphatic carbocycles. The highest BCUT2D eigenvalue weighted by atomic mass is 16.5. The van der Waals surface area contributed by atoms with Crippen LogP contribution in [0.5, 0.6) is 0 Å². The summed E-state index contributed by atoms with van der Waals surface area (Å²) in [4.78, 5) is 4.92. The lowest BCUT2D eigenvalue weighted by Crippen LogP contribution is -2.43. The van der Waals surface area contributed by atoms with Crippen LogP contribution in [0, 0.1) is 0 Å². The highest BCUT2D eigenvalue weighted by Gasteiger charge is 2.22. The van der Waals surface area contributed by atoms with E-state index < -0.39 is 0 Å². The van der Waals surface area contributed by atoms with E-state index in [1.54, 1.807) is 0 Å². The van der Waals surface area contributed by atoms with Crippen molar-refractivity contribution in [1.82, 2.24) is 9.80 Å². The van der Waals surface area contributed by atoms with Crippen LogP contribution in [0.2, 0.25) is 0 Å². The fourth-order valence-corrected chi connectivity index (χ4v) is 3.90. The lowest BCUT2D eigenvalue weighted by Gasteiger charge is -2.33. The van der Waals surface area contributed by atoms with E-state index in [1.807, 2.05) is 0 Å². The van der Waals surface area contributed by atoms with Gasteiger partial charge in [0.2, 0.25) is 0 Å². The van der Waals surface area contributed by atoms with Crippen molar-refractivity contribution in [3.8, 4) is 0 Å². The quantitative estimate of drug-likeness (QED) is 0.831. The van der Waals surface area contributed by atoms with Crippen molar-refractivity contribution in [1.29, 1.82) is 0 Å². The van der Waals surface area contributed by atoms with Crippen molar-refractivity contribution < 1.29 is 9.84 Å². The molecule has 0 radical (unpaired) electrons. The number of benzene rings is 1. The Morgan fingerprint density at radius 3 is 2.83 bits per heavy atom. The van der Waals surface area contributed by atoms with E-state index in [0.717, 1.165) is 52.5 Å². The third-order valence-corrected chi connectivity index (χ3v) is 5.22. The van der Waals surface area contributed by atoms with Gasteiger partial charge < -0.3 is 9.84 Å². The molecule has 1 atom stereocenters. The smallest absolute Gasteiger partial charge is 0.0594 e. The monoisotopic (exact) mass is 318 g/mol. The molecular weight excluding hydrogens is 288 g/mol. The summed E-state index contributed by atoms with van der Waals surface area (Å²) in [7, 11) is 0. The number of aryl methyl sites for hydroxylation is 1. The van der Waals surface area contributed by atoms with Gasteiger partial charge in [-0.1, -0.05) is 24.3 Å². The van der Waals surface area contributed by atoms with Crippen molar-refractivity contribution in [2.75, 3.05) is 59.1 Å². The predicted molar refractivity (Wildman–Crippen MR) is 92.9 cm³/mol. The lowest BCUT2D eigenvalue weighted by molar-refractivity contribution is 0.0320. The van der Waals surface area contributed by atoms with E-state index in [1.165, 1.54) is 30.4 Å². The summed E-state index contributed by atoms with van der Waals surface area (Å²) in [6, 6.07) is 8.91. The molecule has 1 saturated heterocycles. The van der Waals surface area contributed by atoms with E-state index in [0.29, 0.717) is 5.92 Å². The van der Waals surface area contributed by atoms with Crippen LogP contribution in [0.25, 0.3) is 0 Å². The van der Waals surface area contributed by atoms with Gasteiger partial charge in [-0.15, -0.1) is 0 Å². The van der Waals surface area contributed by atoms with E-state index in [4.69, 9.17) is 4.74 Å². The summed E-state index contributed by atoms with van der Waals surface area (Å²) < 4.78 is 5.42. The number of hydrogen-bond acceptors (Lipinski definition) is 4. The molecular formula is C19H30N2O2. The van der Waals surface area contributed by atoms with Crippen LogP contribution in [0.3, 0.4) is 0 Å². The summed E-state index contributed by atoms with van der Waals surface area (Å²) in [5.74, 6) is 0.621. The molecule has 1 fully saturated rings. The Labute approximate surface area is 140 Å². The van der Waals surface area contributed by atoms with E-state index in [2.05, 4.69) is 34.1 Å². The average Bonchev–Trinajstić information content (AvgIpc) is 2.61. The van der Waals surface area contributed by atoms with Gasteiger partial charge in [0.25, 0.3) is 0 Å². The zero-order valence-corrected chi connectivity index (χ0v) is 14.1. The molecule has 1 aromatic carbocycles. The van der Waals surface area contributed by atoms with Gasteiger partial charge in [0, 0.05) is 39.3 Å². The normalized spacial score (nSPS) is 22.3. The maximum Gasteiger partial charge on any atom is 0.0594 e. The third kappa shape index (κ3) is 4.77. The molecule has 0 amide bonds. The van der Waals surface area contributed by atoms with E-state index in [9.17, 15) is 5.11 Å². The first kappa shape index (κ1) is 16.9. The Kier molecular flexibility index (Phi) is 6.46. The number of rotatable bonds is 7. The van der Waals surface area contributed by atoms with Gasteiger partial charge in [0.1, 0.15) is 0 Å². The van der Waals surface area contributed by atoms with Gasteiger partial charge in [-0.25, -0.2) is 0 Å². The highest BCUT2D eigenvalue weighted by molar-refractivity contribution is 5.32. The molecule has 128 valence electrons. The van der Waals surface area contributed by atoms with Crippen LogP contribution in [0.4, 0.5) is 0 Å². The molecule has 23 heavy (non-hydrogen) atoms. The van der Waals surface area contributed by atoms with Gasteiger partial charge in [-0.3, -0.25) is 9.80 Å². The summed E-state index contributed by atoms with van der Waals surface area (Å²) >= 11 is 0. The Morgan fingerprint density at radius 2 is 2.00 bits per heavy atom. The molecule has 0 aromatic heterocycles. The highest BCUT2D eigenvalue weighted by Crippen LogP contribution is 2.31. The topological polar surface area (TPSA) is 35.9 Å². The van der Waals surface area contributed by atoms with Crippen LogP contribution in [0.1, 0.15) is 29.9 Å². The Hall–Kier alpha value is -0.940. The number of nitrogens with zero attached hydrogens (tertiary/aromatic N) is 2. The molecule has 0 bridgehead atoms. The second-order valence-corrected chi connectivity index (χ2v) is 6.77. The Balaban J connectivity index is 1.56. The van der Waals surface area contributed by atoms with Crippen molar-refractivity contribution in [3.05, 3.63) is 35.4 Å². The number of hydrogen-bond donors (Lipinski definition) is 1. The van der Waals surface area contributed by atoms with Crippen molar-refractivity contribution in [2.45, 2.75) is 25.2 Å². The first-order valence-electron chi connectivity index (χ1n) is 9.08. The first-order chi connectivity index (χ1) is 11.4. The minimum Gasteiger partial charge on any atom is -0.395 e.